The van der Waals surface area contributed by atoms with Crippen molar-refractivity contribution in [3.8, 4) is 0 Å². The van der Waals surface area contributed by atoms with Crippen molar-refractivity contribution < 1.29 is 47.9 Å². The molecule has 24 nitrogen and oxygen atoms in total. The predicted molar refractivity (Wildman–Crippen MR) is 286 cm³/mol. The van der Waals surface area contributed by atoms with Gasteiger partial charge in [0.1, 0.15) is 42.3 Å². The monoisotopic (exact) mass is 1070 g/mol. The van der Waals surface area contributed by atoms with E-state index in [1.54, 1.807) is 50.4 Å². The molecule has 0 aliphatic heterocycles. The summed E-state index contributed by atoms with van der Waals surface area (Å²) in [5.74, 6) is -8.11. The number of imidazole rings is 1. The third-order valence-electron chi connectivity index (χ3n) is 12.4. The average Bonchev–Trinajstić information content (AvgIpc) is 4.04. The third kappa shape index (κ3) is 20.1. The van der Waals surface area contributed by atoms with Gasteiger partial charge < -0.3 is 69.7 Å². The number of primary amides is 2. The summed E-state index contributed by atoms with van der Waals surface area (Å²) in [6.07, 6.45) is 4.44. The first-order valence-electron chi connectivity index (χ1n) is 25.7. The molecule has 16 N–H and O–H groups in total. The first-order chi connectivity index (χ1) is 36.4. The molecule has 0 saturated heterocycles. The Bertz CT molecular complexity index is 2660. The second-order valence-corrected chi connectivity index (χ2v) is 20.4. The zero-order valence-corrected chi connectivity index (χ0v) is 44.7. The van der Waals surface area contributed by atoms with Crippen molar-refractivity contribution in [2.45, 2.75) is 142 Å². The van der Waals surface area contributed by atoms with Crippen LogP contribution in [0, 0.1) is 17.8 Å². The van der Waals surface area contributed by atoms with Gasteiger partial charge in [-0.3, -0.25) is 47.9 Å². The molecule has 2 aromatic carbocycles. The van der Waals surface area contributed by atoms with Crippen LogP contribution in [-0.4, -0.2) is 129 Å². The lowest BCUT2D eigenvalue weighted by Crippen LogP contribution is -2.59. The number of hydrogen-bond acceptors (Lipinski definition) is 12. The number of hydrogen-bond donors (Lipinski definition) is 13. The van der Waals surface area contributed by atoms with Crippen LogP contribution in [-0.2, 0) is 67.2 Å². The van der Waals surface area contributed by atoms with Gasteiger partial charge in [-0.25, -0.2) is 4.98 Å². The summed E-state index contributed by atoms with van der Waals surface area (Å²) in [5.41, 5.74) is 19.8. The van der Waals surface area contributed by atoms with Gasteiger partial charge in [0.05, 0.1) is 18.9 Å². The highest BCUT2D eigenvalue weighted by Crippen LogP contribution is 2.20. The van der Waals surface area contributed by atoms with Crippen molar-refractivity contribution >= 4 is 70.0 Å². The van der Waals surface area contributed by atoms with Gasteiger partial charge >= 0.3 is 0 Å². The largest absolute Gasteiger partial charge is 0.370 e. The zero-order chi connectivity index (χ0) is 56.9. The van der Waals surface area contributed by atoms with Gasteiger partial charge in [0.25, 0.3) is 0 Å². The molecule has 0 radical (unpaired) electrons. The molecule has 0 spiro atoms. The standard InChI is InChI=1S/C53H76N14O10/c1-28(2)19-39(46(56)70)64-51(75)40(20-29(3)4)65-52(76)42(23-34-25-57-27-60-34)62-44(69)26-59-53(77)45(30(5)6)67-47(71)31(7)61-50(74)41(22-33-24-58-37-16-12-11-15-35(33)37)66-49(73)38(17-18-43(55)68)63-48(72)36(54)21-32-13-9-8-10-14-32/h8-16,24-25,27-31,36,38-42,45,58H,17-23,26,54H2,1-7H3,(H2,55,68)(H2,56,70)(H,57,60)(H,59,77)(H,61,74)(H,62,69)(H,63,72)(H,64,75)(H,65,76)(H,66,73)(H,67,71)/t31-,36+,38-,39-,40-,41-,42-,45-/m0/s1. The lowest BCUT2D eigenvalue weighted by atomic mass is 9.99. The van der Waals surface area contributed by atoms with Crippen LogP contribution in [0.2, 0.25) is 0 Å². The minimum Gasteiger partial charge on any atom is -0.370 e. The van der Waals surface area contributed by atoms with E-state index in [0.717, 1.165) is 16.5 Å². The molecule has 418 valence electrons. The number of carbonyl (C=O) groups excluding carboxylic acids is 10. The molecule has 8 atom stereocenters. The Morgan fingerprint density at radius 1 is 0.571 bits per heavy atom. The molecule has 4 aromatic rings. The number of fused-ring (bicyclic) bond motifs is 1. The molecule has 4 rings (SSSR count). The molecule has 2 aromatic heterocycles. The van der Waals surface area contributed by atoms with Gasteiger partial charge in [-0.05, 0) is 67.6 Å². The zero-order valence-electron chi connectivity index (χ0n) is 44.7. The second-order valence-electron chi connectivity index (χ2n) is 20.4. The summed E-state index contributed by atoms with van der Waals surface area (Å²) in [7, 11) is 0. The highest BCUT2D eigenvalue weighted by Gasteiger charge is 2.34. The summed E-state index contributed by atoms with van der Waals surface area (Å²) in [6, 6.07) is 6.57. The molecule has 0 unspecified atom stereocenters. The number of rotatable bonds is 31. The van der Waals surface area contributed by atoms with Crippen molar-refractivity contribution in [2.75, 3.05) is 6.54 Å². The summed E-state index contributed by atoms with van der Waals surface area (Å²) < 4.78 is 0. The molecule has 0 fully saturated rings. The topological polar surface area (TPSA) is 389 Å². The van der Waals surface area contributed by atoms with Crippen LogP contribution in [0.4, 0.5) is 0 Å². The Labute approximate surface area is 447 Å². The van der Waals surface area contributed by atoms with Crippen molar-refractivity contribution in [1.29, 1.82) is 0 Å². The molecule has 24 heteroatoms. The van der Waals surface area contributed by atoms with E-state index in [1.807, 2.05) is 52.0 Å². The Balaban J connectivity index is 1.45. The van der Waals surface area contributed by atoms with Crippen LogP contribution in [0.25, 0.3) is 10.9 Å². The predicted octanol–water partition coefficient (Wildman–Crippen LogP) is -0.725. The van der Waals surface area contributed by atoms with Gasteiger partial charge in [-0.1, -0.05) is 90.1 Å². The van der Waals surface area contributed by atoms with Crippen LogP contribution in [0.3, 0.4) is 0 Å². The van der Waals surface area contributed by atoms with Gasteiger partial charge in [0.2, 0.25) is 59.1 Å². The van der Waals surface area contributed by atoms with Crippen molar-refractivity contribution in [3.63, 3.8) is 0 Å². The van der Waals surface area contributed by atoms with Gasteiger partial charge in [-0.15, -0.1) is 0 Å². The number of aromatic amines is 2. The highest BCUT2D eigenvalue weighted by molar-refractivity contribution is 5.98. The molecule has 0 saturated carbocycles. The van der Waals surface area contributed by atoms with E-state index >= 15 is 0 Å². The average molecular weight is 1070 g/mol. The first kappa shape index (κ1) is 61.4. The molecule has 0 aliphatic carbocycles. The van der Waals surface area contributed by atoms with Crippen LogP contribution in [0.1, 0.15) is 91.0 Å². The van der Waals surface area contributed by atoms with Crippen LogP contribution >= 0.6 is 0 Å². The smallest absolute Gasteiger partial charge is 0.243 e. The Morgan fingerprint density at radius 3 is 1.77 bits per heavy atom. The molecule has 2 heterocycles. The van der Waals surface area contributed by atoms with E-state index in [4.69, 9.17) is 17.2 Å². The van der Waals surface area contributed by atoms with Crippen LogP contribution in [0.15, 0.2) is 73.3 Å². The third-order valence-corrected chi connectivity index (χ3v) is 12.4. The van der Waals surface area contributed by atoms with E-state index < -0.39 is 120 Å². The fraction of sp³-hybridized carbons (Fsp3) is 0.491. The van der Waals surface area contributed by atoms with E-state index in [-0.39, 0.29) is 56.8 Å². The summed E-state index contributed by atoms with van der Waals surface area (Å²) >= 11 is 0. The van der Waals surface area contributed by atoms with Crippen molar-refractivity contribution in [1.82, 2.24) is 57.5 Å². The number of benzene rings is 2. The molecular formula is C53H76N14O10. The summed E-state index contributed by atoms with van der Waals surface area (Å²) in [4.78, 5) is 144. The maximum Gasteiger partial charge on any atom is 0.243 e. The Hall–Kier alpha value is -8.15. The number of nitrogens with one attached hydrogen (secondary N) is 10. The number of para-hydroxylation sites is 1. The van der Waals surface area contributed by atoms with E-state index in [9.17, 15) is 47.9 Å². The molecule has 10 amide bonds. The normalized spacial score (nSPS) is 14.4. The number of carbonyl (C=O) groups is 10. The quantitative estimate of drug-likeness (QED) is 0.0297. The summed E-state index contributed by atoms with van der Waals surface area (Å²) in [5, 5.41) is 21.7. The molecular weight excluding hydrogens is 993 g/mol. The maximum atomic E-state index is 14.2. The Kier molecular flexibility index (Phi) is 23.8. The van der Waals surface area contributed by atoms with Gasteiger partial charge in [0, 0.05) is 48.3 Å². The van der Waals surface area contributed by atoms with Gasteiger partial charge in [-0.2, -0.15) is 0 Å². The molecule has 77 heavy (non-hydrogen) atoms. The van der Waals surface area contributed by atoms with Crippen molar-refractivity contribution in [2.24, 2.45) is 35.0 Å². The minimum absolute atomic E-state index is 0.0242. The van der Waals surface area contributed by atoms with Crippen molar-refractivity contribution in [3.05, 3.63) is 90.1 Å². The number of aromatic nitrogens is 3. The first-order valence-corrected chi connectivity index (χ1v) is 25.7. The number of nitrogens with two attached hydrogens (primary N) is 3. The number of H-pyrrole nitrogens is 2. The fourth-order valence-corrected chi connectivity index (χ4v) is 8.30. The SMILES string of the molecule is CC(C)C[C@H](NC(=O)[C@H](CC(C)C)NC(=O)[C@H](Cc1cnc[nH]1)NC(=O)CNC(=O)[C@@H](NC(=O)[C@H](C)NC(=O)[C@H](Cc1c[nH]c2ccccc12)NC(=O)[C@H](CCC(N)=O)NC(=O)[C@H](N)Cc1ccccc1)C(C)C)C(N)=O. The summed E-state index contributed by atoms with van der Waals surface area (Å²) in [6.45, 7) is 11.4. The molecule has 0 aliphatic rings. The lowest BCUT2D eigenvalue weighted by Gasteiger charge is -2.27. The maximum absolute atomic E-state index is 14.2. The van der Waals surface area contributed by atoms with Crippen LogP contribution in [0.5, 0.6) is 0 Å². The van der Waals surface area contributed by atoms with Gasteiger partial charge in [0.15, 0.2) is 0 Å². The highest BCUT2D eigenvalue weighted by atomic mass is 16.2. The van der Waals surface area contributed by atoms with E-state index in [0.29, 0.717) is 11.3 Å². The van der Waals surface area contributed by atoms with E-state index in [1.165, 1.54) is 19.4 Å². The lowest BCUT2D eigenvalue weighted by molar-refractivity contribution is -0.135. The number of amides is 10. The Morgan fingerprint density at radius 2 is 1.14 bits per heavy atom. The second kappa shape index (κ2) is 29.8. The number of nitrogens with zero attached hydrogens (tertiary/aromatic N) is 1. The minimum atomic E-state index is -1.35. The molecule has 0 bridgehead atoms. The van der Waals surface area contributed by atoms with Crippen LogP contribution < -0.4 is 59.7 Å². The fourth-order valence-electron chi connectivity index (χ4n) is 8.30. The van der Waals surface area contributed by atoms with E-state index in [2.05, 4.69) is 57.5 Å².